The third-order valence-corrected chi connectivity index (χ3v) is 5.33. The molecule has 0 aromatic carbocycles. The molecule has 0 aliphatic rings. The molecular formula is C10H12N6O11P2+2. The minimum Gasteiger partial charge on any atom is -0.302 e. The van der Waals surface area contributed by atoms with Gasteiger partial charge in [0.15, 0.2) is 0 Å². The highest BCUT2D eigenvalue weighted by Crippen LogP contribution is 2.56. The number of nitrogen functional groups attached to an aromatic ring is 2. The Balaban J connectivity index is 2.51. The van der Waals surface area contributed by atoms with Crippen molar-refractivity contribution in [3.63, 3.8) is 0 Å². The Morgan fingerprint density at radius 1 is 0.897 bits per heavy atom. The molecule has 0 spiro atoms. The maximum Gasteiger partial charge on any atom is 0.670 e. The van der Waals surface area contributed by atoms with Gasteiger partial charge in [0.05, 0.1) is 9.85 Å². The number of hydrogen-bond acceptors (Lipinski definition) is 11. The van der Waals surface area contributed by atoms with Crippen LogP contribution in [0.3, 0.4) is 0 Å². The molecule has 2 heterocycles. The smallest absolute Gasteiger partial charge is 0.302 e. The molecule has 0 amide bonds. The van der Waals surface area contributed by atoms with Crippen LogP contribution in [0.5, 0.6) is 0 Å². The summed E-state index contributed by atoms with van der Waals surface area (Å²) >= 11 is 0. The number of nitrogens with zero attached hydrogens (tertiary/aromatic N) is 4. The molecule has 0 saturated carbocycles. The van der Waals surface area contributed by atoms with Crippen LogP contribution in [0.1, 0.15) is 0 Å². The van der Waals surface area contributed by atoms with Gasteiger partial charge < -0.3 is 9.79 Å². The van der Waals surface area contributed by atoms with Crippen LogP contribution in [-0.2, 0) is 13.4 Å². The molecule has 6 N–H and O–H groups in total. The molecule has 17 nitrogen and oxygen atoms in total. The summed E-state index contributed by atoms with van der Waals surface area (Å²) < 4.78 is 38.0. The van der Waals surface area contributed by atoms with Crippen LogP contribution in [0.4, 0.5) is 23.0 Å². The van der Waals surface area contributed by atoms with Crippen LogP contribution in [0.15, 0.2) is 36.7 Å². The van der Waals surface area contributed by atoms with Crippen LogP contribution < -0.4 is 30.2 Å². The second-order valence-electron chi connectivity index (χ2n) is 4.91. The summed E-state index contributed by atoms with van der Waals surface area (Å²) in [6.45, 7) is 0. The molecule has 0 bridgehead atoms. The minimum atomic E-state index is -5.54. The van der Waals surface area contributed by atoms with Crippen molar-refractivity contribution in [3.05, 3.63) is 56.9 Å². The number of nitrogens with two attached hydrogens (primary N) is 2. The van der Waals surface area contributed by atoms with E-state index in [1.54, 1.807) is 0 Å². The fraction of sp³-hybridized carbons (Fsp3) is 0. The van der Waals surface area contributed by atoms with Gasteiger partial charge in [0.2, 0.25) is 0 Å². The molecule has 0 fully saturated rings. The van der Waals surface area contributed by atoms with Crippen molar-refractivity contribution in [2.75, 3.05) is 11.5 Å². The lowest BCUT2D eigenvalue weighted by Crippen LogP contribution is -2.50. The molecular weight excluding hydrogens is 442 g/mol. The van der Waals surface area contributed by atoms with E-state index in [2.05, 4.69) is 4.31 Å². The number of aromatic nitrogens is 2. The summed E-state index contributed by atoms with van der Waals surface area (Å²) in [6, 6.07) is 3.98. The van der Waals surface area contributed by atoms with Crippen molar-refractivity contribution in [2.45, 2.75) is 0 Å². The Bertz CT molecular complexity index is 1000. The second kappa shape index (κ2) is 7.94. The fourth-order valence-electron chi connectivity index (χ4n) is 1.82. The fourth-order valence-corrected chi connectivity index (χ4v) is 3.85. The lowest BCUT2D eigenvalue weighted by atomic mass is 10.4. The molecule has 0 aliphatic carbocycles. The first-order chi connectivity index (χ1) is 13.3. The third-order valence-electron chi connectivity index (χ3n) is 2.93. The zero-order valence-corrected chi connectivity index (χ0v) is 15.7. The number of anilines is 2. The van der Waals surface area contributed by atoms with Crippen LogP contribution in [-0.4, -0.2) is 19.6 Å². The standard InChI is InChI=1S/C10H10N6O11P2/c11-9-7(15(17)18)3-1-5-13(9)25-29(24,27-28(21,22)23)26-14-6-2-4-8(10(14)12)16(19)20/h1-6,11-12H,(H2,21,22,23)/p+2. The number of phosphoric acid groups is 2. The highest BCUT2D eigenvalue weighted by Gasteiger charge is 2.46. The second-order valence-corrected chi connectivity index (χ2v) is 7.76. The number of rotatable bonds is 8. The summed E-state index contributed by atoms with van der Waals surface area (Å²) in [4.78, 5) is 38.0. The van der Waals surface area contributed by atoms with E-state index in [1.807, 2.05) is 0 Å². The predicted octanol–water partition coefficient (Wildman–Crippen LogP) is -0.983. The highest BCUT2D eigenvalue weighted by atomic mass is 31.3. The van der Waals surface area contributed by atoms with Crippen molar-refractivity contribution in [1.82, 2.24) is 0 Å². The predicted molar refractivity (Wildman–Crippen MR) is 89.3 cm³/mol. The Labute approximate surface area is 159 Å². The van der Waals surface area contributed by atoms with Gasteiger partial charge in [-0.3, -0.25) is 31.7 Å². The molecule has 19 heteroatoms. The van der Waals surface area contributed by atoms with Gasteiger partial charge in [-0.15, -0.1) is 0 Å². The summed E-state index contributed by atoms with van der Waals surface area (Å²) in [6.07, 6.45) is 1.78. The van der Waals surface area contributed by atoms with Crippen molar-refractivity contribution in [3.8, 4) is 0 Å². The summed E-state index contributed by atoms with van der Waals surface area (Å²) in [5.41, 5.74) is 9.56. The van der Waals surface area contributed by atoms with Gasteiger partial charge >= 0.3 is 38.7 Å². The quantitative estimate of drug-likeness (QED) is 0.162. The van der Waals surface area contributed by atoms with Gasteiger partial charge in [-0.25, -0.2) is 13.8 Å². The van der Waals surface area contributed by atoms with Crippen LogP contribution in [0.2, 0.25) is 0 Å². The molecule has 2 aromatic rings. The van der Waals surface area contributed by atoms with E-state index in [1.165, 1.54) is 0 Å². The molecule has 2 aromatic heterocycles. The lowest BCUT2D eigenvalue weighted by Gasteiger charge is -2.14. The van der Waals surface area contributed by atoms with E-state index in [9.17, 15) is 29.4 Å². The Hall–Kier alpha value is -3.36. The molecule has 29 heavy (non-hydrogen) atoms. The van der Waals surface area contributed by atoms with Gasteiger partial charge in [-0.05, 0) is 21.6 Å². The van der Waals surface area contributed by atoms with E-state index in [0.29, 0.717) is 9.46 Å². The van der Waals surface area contributed by atoms with Gasteiger partial charge in [0.25, 0.3) is 0 Å². The highest BCUT2D eigenvalue weighted by molar-refractivity contribution is 7.61. The van der Waals surface area contributed by atoms with E-state index >= 15 is 0 Å². The molecule has 156 valence electrons. The maximum atomic E-state index is 12.8. The topological polar surface area (TPSA) is 248 Å². The van der Waals surface area contributed by atoms with Crippen molar-refractivity contribution >= 4 is 38.7 Å². The monoisotopic (exact) mass is 454 g/mol. The van der Waals surface area contributed by atoms with Crippen molar-refractivity contribution < 1.29 is 51.8 Å². The molecule has 0 atom stereocenters. The van der Waals surface area contributed by atoms with Gasteiger partial charge in [0, 0.05) is 12.1 Å². The average molecular weight is 454 g/mol. The van der Waals surface area contributed by atoms with Crippen LogP contribution >= 0.6 is 15.6 Å². The largest absolute Gasteiger partial charge is 0.670 e. The summed E-state index contributed by atoms with van der Waals surface area (Å²) in [5.74, 6) is -1.49. The molecule has 0 saturated heterocycles. The molecule has 2 rings (SSSR count). The first kappa shape index (κ1) is 21.9. The summed E-state index contributed by atoms with van der Waals surface area (Å²) in [7, 11) is -10.9. The normalized spacial score (nSPS) is 11.7. The van der Waals surface area contributed by atoms with Gasteiger partial charge in [-0.1, -0.05) is 0 Å². The Kier molecular flexibility index (Phi) is 6.01. The Morgan fingerprint density at radius 3 is 1.59 bits per heavy atom. The molecule has 0 aliphatic heterocycles. The third kappa shape index (κ3) is 5.34. The van der Waals surface area contributed by atoms with E-state index in [0.717, 1.165) is 36.7 Å². The van der Waals surface area contributed by atoms with Gasteiger partial charge in [0.1, 0.15) is 12.4 Å². The lowest BCUT2D eigenvalue weighted by molar-refractivity contribution is -0.877. The zero-order chi connectivity index (χ0) is 22.0. The number of nitro groups is 2. The molecule has 0 unspecified atom stereocenters. The van der Waals surface area contributed by atoms with E-state index < -0.39 is 48.5 Å². The Morgan fingerprint density at radius 2 is 1.28 bits per heavy atom. The SMILES string of the molecule is Nc1c([N+](=O)[O-])ccc[n+]1OP(=O)(O[n+]1cccc([N+](=O)[O-])c1N)OP(=O)(O)O. The zero-order valence-electron chi connectivity index (χ0n) is 13.9. The van der Waals surface area contributed by atoms with Gasteiger partial charge in [-0.2, -0.15) is 8.88 Å². The van der Waals surface area contributed by atoms with E-state index in [-0.39, 0.29) is 0 Å². The number of pyridine rings is 2. The van der Waals surface area contributed by atoms with E-state index in [4.69, 9.17) is 30.5 Å². The van der Waals surface area contributed by atoms with Crippen molar-refractivity contribution in [1.29, 1.82) is 0 Å². The summed E-state index contributed by atoms with van der Waals surface area (Å²) in [5, 5.41) is 21.8. The van der Waals surface area contributed by atoms with Crippen molar-refractivity contribution in [2.24, 2.45) is 0 Å². The average Bonchev–Trinajstić information content (AvgIpc) is 2.56. The first-order valence-electron chi connectivity index (χ1n) is 6.99. The maximum absolute atomic E-state index is 12.8. The minimum absolute atomic E-state index is 0.294. The first-order valence-corrected chi connectivity index (χ1v) is 9.98. The van der Waals surface area contributed by atoms with Crippen LogP contribution in [0.25, 0.3) is 0 Å². The number of hydrogen-bond donors (Lipinski definition) is 4. The molecule has 0 radical (unpaired) electrons. The van der Waals surface area contributed by atoms with Crippen LogP contribution in [0, 0.1) is 20.2 Å².